The van der Waals surface area contributed by atoms with Crippen LogP contribution >= 0.6 is 11.6 Å². The molecule has 3 rings (SSSR count). The minimum absolute atomic E-state index is 0.0403. The van der Waals surface area contributed by atoms with Gasteiger partial charge in [0.05, 0.1) is 42.4 Å². The highest BCUT2D eigenvalue weighted by atomic mass is 35.5. The number of nitrogens with two attached hydrogens (primary N) is 1. The summed E-state index contributed by atoms with van der Waals surface area (Å²) >= 11 is 5.91. The van der Waals surface area contributed by atoms with Crippen LogP contribution in [-0.2, 0) is 19.1 Å². The average molecular weight is 443 g/mol. The summed E-state index contributed by atoms with van der Waals surface area (Å²) in [6.07, 6.45) is 2.96. The number of ether oxygens (including phenoxy) is 2. The summed E-state index contributed by atoms with van der Waals surface area (Å²) in [4.78, 5) is 30.8. The Morgan fingerprint density at radius 1 is 1.26 bits per heavy atom. The molecule has 1 aliphatic rings. The van der Waals surface area contributed by atoms with E-state index in [9.17, 15) is 19.2 Å². The van der Waals surface area contributed by atoms with E-state index in [-0.39, 0.29) is 33.4 Å². The number of hydrogen-bond donors (Lipinski definition) is 1. The van der Waals surface area contributed by atoms with E-state index < -0.39 is 23.7 Å². The van der Waals surface area contributed by atoms with Crippen molar-refractivity contribution in [1.82, 2.24) is 4.98 Å². The zero-order chi connectivity index (χ0) is 22.7. The predicted molar refractivity (Wildman–Crippen MR) is 109 cm³/mol. The molecular weight excluding hydrogens is 427 g/mol. The Morgan fingerprint density at radius 3 is 2.52 bits per heavy atom. The number of esters is 2. The van der Waals surface area contributed by atoms with Crippen molar-refractivity contribution in [3.05, 3.63) is 81.8 Å². The zero-order valence-corrected chi connectivity index (χ0v) is 17.2. The molecule has 8 nitrogen and oxygen atoms in total. The van der Waals surface area contributed by atoms with Crippen molar-refractivity contribution < 1.29 is 23.5 Å². The minimum Gasteiger partial charge on any atom is -0.466 e. The standard InChI is InChI=1S/C21H16ClFN4O4/c1-30-20(28)17-16(11-4-3-7-26-10-11)13(9-24)19(25)27(18(17)21(29)31-2)12-5-6-15(23)14(22)8-12/h3-8,10,16H,25H2,1-2H3/t16-/m1/s1. The normalized spacial score (nSPS) is 16.1. The van der Waals surface area contributed by atoms with Crippen molar-refractivity contribution in [3.8, 4) is 6.07 Å². The first-order valence-corrected chi connectivity index (χ1v) is 9.19. The van der Waals surface area contributed by atoms with Crippen molar-refractivity contribution in [2.45, 2.75) is 5.92 Å². The van der Waals surface area contributed by atoms with Crippen LogP contribution in [0.4, 0.5) is 10.1 Å². The summed E-state index contributed by atoms with van der Waals surface area (Å²) in [6.45, 7) is 0. The number of benzene rings is 1. The van der Waals surface area contributed by atoms with Gasteiger partial charge in [0.1, 0.15) is 17.3 Å². The molecule has 2 N–H and O–H groups in total. The maximum Gasteiger partial charge on any atom is 0.355 e. The minimum atomic E-state index is -1.05. The second-order valence-electron chi connectivity index (χ2n) is 6.31. The predicted octanol–water partition coefficient (Wildman–Crippen LogP) is 2.77. The first kappa shape index (κ1) is 21.8. The van der Waals surface area contributed by atoms with Crippen LogP contribution in [0.2, 0.25) is 5.02 Å². The fourth-order valence-electron chi connectivity index (χ4n) is 3.31. The topological polar surface area (TPSA) is 119 Å². The summed E-state index contributed by atoms with van der Waals surface area (Å²) in [5, 5.41) is 9.65. The van der Waals surface area contributed by atoms with E-state index in [1.807, 2.05) is 6.07 Å². The second-order valence-corrected chi connectivity index (χ2v) is 6.72. The molecule has 1 aromatic heterocycles. The van der Waals surface area contributed by atoms with Crippen molar-refractivity contribution >= 4 is 29.2 Å². The van der Waals surface area contributed by atoms with E-state index in [0.717, 1.165) is 25.2 Å². The molecule has 1 aliphatic heterocycles. The Balaban J connectivity index is 2.41. The van der Waals surface area contributed by atoms with E-state index >= 15 is 0 Å². The maximum absolute atomic E-state index is 13.7. The van der Waals surface area contributed by atoms with E-state index in [0.29, 0.717) is 5.56 Å². The average Bonchev–Trinajstić information content (AvgIpc) is 2.79. The van der Waals surface area contributed by atoms with Crippen LogP contribution in [0.15, 0.2) is 65.4 Å². The largest absolute Gasteiger partial charge is 0.466 e. The molecule has 0 saturated carbocycles. The molecule has 0 amide bonds. The van der Waals surface area contributed by atoms with Gasteiger partial charge in [0.2, 0.25) is 0 Å². The van der Waals surface area contributed by atoms with Crippen LogP contribution in [0.3, 0.4) is 0 Å². The lowest BCUT2D eigenvalue weighted by Gasteiger charge is -2.35. The summed E-state index contributed by atoms with van der Waals surface area (Å²) < 4.78 is 23.5. The van der Waals surface area contributed by atoms with Crippen molar-refractivity contribution in [2.75, 3.05) is 19.1 Å². The highest BCUT2D eigenvalue weighted by Gasteiger charge is 2.43. The number of anilines is 1. The van der Waals surface area contributed by atoms with Gasteiger partial charge in [-0.2, -0.15) is 5.26 Å². The number of pyridine rings is 1. The molecular formula is C21H16ClFN4O4. The van der Waals surface area contributed by atoms with E-state index in [1.165, 1.54) is 24.5 Å². The number of carbonyl (C=O) groups is 2. The van der Waals surface area contributed by atoms with Gasteiger partial charge < -0.3 is 15.2 Å². The van der Waals surface area contributed by atoms with Gasteiger partial charge in [0, 0.05) is 18.1 Å². The van der Waals surface area contributed by atoms with E-state index in [1.54, 1.807) is 12.1 Å². The molecule has 31 heavy (non-hydrogen) atoms. The number of methoxy groups -OCH3 is 2. The molecule has 0 fully saturated rings. The van der Waals surface area contributed by atoms with E-state index in [4.69, 9.17) is 26.8 Å². The highest BCUT2D eigenvalue weighted by Crippen LogP contribution is 2.43. The van der Waals surface area contributed by atoms with Gasteiger partial charge in [0.25, 0.3) is 0 Å². The second kappa shape index (κ2) is 8.85. The first-order valence-electron chi connectivity index (χ1n) is 8.81. The van der Waals surface area contributed by atoms with E-state index in [2.05, 4.69) is 4.98 Å². The van der Waals surface area contributed by atoms with Crippen LogP contribution in [-0.4, -0.2) is 31.1 Å². The number of hydrogen-bond acceptors (Lipinski definition) is 8. The number of rotatable bonds is 4. The highest BCUT2D eigenvalue weighted by molar-refractivity contribution is 6.31. The summed E-state index contributed by atoms with van der Waals surface area (Å²) in [6, 6.07) is 8.81. The van der Waals surface area contributed by atoms with Crippen LogP contribution in [0.5, 0.6) is 0 Å². The molecule has 0 saturated heterocycles. The molecule has 0 unspecified atom stereocenters. The molecule has 2 heterocycles. The third-order valence-electron chi connectivity index (χ3n) is 4.66. The van der Waals surface area contributed by atoms with Gasteiger partial charge >= 0.3 is 11.9 Å². The third kappa shape index (κ3) is 3.81. The number of nitrogens with zero attached hydrogens (tertiary/aromatic N) is 3. The van der Waals surface area contributed by atoms with Crippen LogP contribution < -0.4 is 10.6 Å². The quantitative estimate of drug-likeness (QED) is 0.718. The Morgan fingerprint density at radius 2 is 1.97 bits per heavy atom. The first-order chi connectivity index (χ1) is 14.8. The molecule has 2 aromatic rings. The van der Waals surface area contributed by atoms with Gasteiger partial charge in [-0.05, 0) is 29.8 Å². The lowest BCUT2D eigenvalue weighted by molar-refractivity contribution is -0.139. The zero-order valence-electron chi connectivity index (χ0n) is 16.4. The number of allylic oxidation sites excluding steroid dienone is 1. The van der Waals surface area contributed by atoms with Crippen molar-refractivity contribution in [1.29, 1.82) is 5.26 Å². The molecule has 0 spiro atoms. The molecule has 0 aliphatic carbocycles. The summed E-state index contributed by atoms with van der Waals surface area (Å²) in [5.74, 6) is -3.71. The fraction of sp³-hybridized carbons (Fsp3) is 0.143. The summed E-state index contributed by atoms with van der Waals surface area (Å²) in [5.41, 5.74) is 6.36. The third-order valence-corrected chi connectivity index (χ3v) is 4.95. The monoisotopic (exact) mass is 442 g/mol. The molecule has 10 heteroatoms. The lowest BCUT2D eigenvalue weighted by atomic mass is 9.81. The number of nitriles is 1. The number of halogens is 2. The Hall–Kier alpha value is -3.90. The SMILES string of the molecule is COC(=O)C1=C(C(=O)OC)N(c2ccc(F)c(Cl)c2)C(N)=C(C#N)[C@H]1c1cccnc1. The van der Waals surface area contributed by atoms with Gasteiger partial charge in [-0.25, -0.2) is 14.0 Å². The molecule has 158 valence electrons. The summed E-state index contributed by atoms with van der Waals surface area (Å²) in [7, 11) is 2.26. The van der Waals surface area contributed by atoms with Crippen molar-refractivity contribution in [2.24, 2.45) is 5.73 Å². The molecule has 0 bridgehead atoms. The number of aromatic nitrogens is 1. The Kier molecular flexibility index (Phi) is 6.22. The van der Waals surface area contributed by atoms with Crippen LogP contribution in [0, 0.1) is 17.1 Å². The molecule has 1 aromatic carbocycles. The van der Waals surface area contributed by atoms with Crippen LogP contribution in [0.1, 0.15) is 11.5 Å². The molecule has 0 radical (unpaired) electrons. The Labute approximate surface area is 181 Å². The van der Waals surface area contributed by atoms with Crippen molar-refractivity contribution in [3.63, 3.8) is 0 Å². The lowest BCUT2D eigenvalue weighted by Crippen LogP contribution is -2.40. The van der Waals surface area contributed by atoms with Gasteiger partial charge in [0.15, 0.2) is 0 Å². The molecule has 1 atom stereocenters. The fourth-order valence-corrected chi connectivity index (χ4v) is 3.48. The van der Waals surface area contributed by atoms with Gasteiger partial charge in [-0.1, -0.05) is 17.7 Å². The number of carbonyl (C=O) groups excluding carboxylic acids is 2. The Bertz CT molecular complexity index is 1160. The van der Waals surface area contributed by atoms with Gasteiger partial charge in [-0.15, -0.1) is 0 Å². The van der Waals surface area contributed by atoms with Gasteiger partial charge in [-0.3, -0.25) is 9.88 Å². The smallest absolute Gasteiger partial charge is 0.355 e. The van der Waals surface area contributed by atoms with Crippen LogP contribution in [0.25, 0.3) is 0 Å². The maximum atomic E-state index is 13.7.